The van der Waals surface area contributed by atoms with Crippen molar-refractivity contribution < 1.29 is 18.7 Å². The zero-order valence-electron chi connectivity index (χ0n) is 18.8. The Labute approximate surface area is 192 Å². The van der Waals surface area contributed by atoms with E-state index >= 15 is 0 Å². The fourth-order valence-corrected chi connectivity index (χ4v) is 3.58. The second kappa shape index (κ2) is 9.61. The van der Waals surface area contributed by atoms with Gasteiger partial charge in [0.15, 0.2) is 0 Å². The molecule has 0 fully saturated rings. The average Bonchev–Trinajstić information content (AvgIpc) is 3.18. The standard InChI is InChI=1S/C27H26N2O4/c1-17(2)19-10-8-18(9-11-19)16-24(30)29-25-22-6-4-5-7-23(22)33-26(25)27(31)28-20-12-14-21(32-3)15-13-20/h4-15,17H,16H2,1-3H3,(H,28,31)(H,29,30). The molecule has 168 valence electrons. The average molecular weight is 443 g/mol. The van der Waals surface area contributed by atoms with Crippen LogP contribution in [0.3, 0.4) is 0 Å². The van der Waals surface area contributed by atoms with Crippen LogP contribution in [0.2, 0.25) is 0 Å². The van der Waals surface area contributed by atoms with Crippen LogP contribution in [0.4, 0.5) is 11.4 Å². The minimum Gasteiger partial charge on any atom is -0.497 e. The summed E-state index contributed by atoms with van der Waals surface area (Å²) in [5, 5.41) is 6.37. The van der Waals surface area contributed by atoms with Gasteiger partial charge in [-0.15, -0.1) is 0 Å². The summed E-state index contributed by atoms with van der Waals surface area (Å²) >= 11 is 0. The Morgan fingerprint density at radius 1 is 0.909 bits per heavy atom. The van der Waals surface area contributed by atoms with Crippen LogP contribution in [0.25, 0.3) is 11.0 Å². The lowest BCUT2D eigenvalue weighted by Crippen LogP contribution is -2.18. The predicted molar refractivity (Wildman–Crippen MR) is 130 cm³/mol. The molecule has 0 aliphatic heterocycles. The third-order valence-electron chi connectivity index (χ3n) is 5.43. The first-order valence-electron chi connectivity index (χ1n) is 10.8. The zero-order chi connectivity index (χ0) is 23.4. The molecular formula is C27H26N2O4. The molecule has 0 aliphatic rings. The molecule has 0 saturated heterocycles. The molecule has 0 saturated carbocycles. The van der Waals surface area contributed by atoms with E-state index in [0.717, 1.165) is 5.56 Å². The first-order valence-corrected chi connectivity index (χ1v) is 10.8. The molecule has 2 amide bonds. The Hall–Kier alpha value is -4.06. The molecule has 0 spiro atoms. The Kier molecular flexibility index (Phi) is 6.45. The number of hydrogen-bond acceptors (Lipinski definition) is 4. The van der Waals surface area contributed by atoms with E-state index in [1.807, 2.05) is 42.5 Å². The summed E-state index contributed by atoms with van der Waals surface area (Å²) in [6.45, 7) is 4.26. The van der Waals surface area contributed by atoms with Gasteiger partial charge in [-0.1, -0.05) is 50.2 Å². The number of amides is 2. The molecule has 0 bridgehead atoms. The fourth-order valence-electron chi connectivity index (χ4n) is 3.58. The lowest BCUT2D eigenvalue weighted by Gasteiger charge is -2.09. The highest BCUT2D eigenvalue weighted by molar-refractivity contribution is 6.14. The number of ether oxygens (including phenoxy) is 1. The summed E-state index contributed by atoms with van der Waals surface area (Å²) in [6, 6.07) is 22.2. The monoisotopic (exact) mass is 442 g/mol. The number of carbonyl (C=O) groups excluding carboxylic acids is 2. The van der Waals surface area contributed by atoms with Gasteiger partial charge in [0.1, 0.15) is 17.0 Å². The molecule has 0 radical (unpaired) electrons. The van der Waals surface area contributed by atoms with Crippen molar-refractivity contribution in [2.45, 2.75) is 26.2 Å². The molecule has 0 unspecified atom stereocenters. The van der Waals surface area contributed by atoms with Crippen molar-refractivity contribution in [1.29, 1.82) is 0 Å². The van der Waals surface area contributed by atoms with Crippen LogP contribution >= 0.6 is 0 Å². The third kappa shape index (κ3) is 5.06. The molecule has 1 heterocycles. The third-order valence-corrected chi connectivity index (χ3v) is 5.43. The number of fused-ring (bicyclic) bond motifs is 1. The first-order chi connectivity index (χ1) is 15.9. The zero-order valence-corrected chi connectivity index (χ0v) is 18.8. The highest BCUT2D eigenvalue weighted by Gasteiger charge is 2.22. The summed E-state index contributed by atoms with van der Waals surface area (Å²) in [6.07, 6.45) is 0.192. The van der Waals surface area contributed by atoms with Gasteiger partial charge in [0.2, 0.25) is 11.7 Å². The molecule has 3 aromatic carbocycles. The van der Waals surface area contributed by atoms with Crippen molar-refractivity contribution in [3.8, 4) is 5.75 Å². The Bertz CT molecular complexity index is 1270. The van der Waals surface area contributed by atoms with Crippen molar-refractivity contribution >= 4 is 34.2 Å². The summed E-state index contributed by atoms with van der Waals surface area (Å²) in [5.41, 5.74) is 3.59. The number of rotatable bonds is 7. The summed E-state index contributed by atoms with van der Waals surface area (Å²) < 4.78 is 11.0. The topological polar surface area (TPSA) is 80.6 Å². The van der Waals surface area contributed by atoms with Crippen molar-refractivity contribution in [3.63, 3.8) is 0 Å². The Morgan fingerprint density at radius 2 is 1.61 bits per heavy atom. The van der Waals surface area contributed by atoms with Crippen LogP contribution in [-0.4, -0.2) is 18.9 Å². The van der Waals surface area contributed by atoms with E-state index in [0.29, 0.717) is 34.0 Å². The SMILES string of the molecule is COc1ccc(NC(=O)c2oc3ccccc3c2NC(=O)Cc2ccc(C(C)C)cc2)cc1. The van der Waals surface area contributed by atoms with E-state index in [4.69, 9.17) is 9.15 Å². The fraction of sp³-hybridized carbons (Fsp3) is 0.185. The largest absolute Gasteiger partial charge is 0.497 e. The molecule has 2 N–H and O–H groups in total. The molecule has 4 aromatic rings. The van der Waals surface area contributed by atoms with Gasteiger partial charge < -0.3 is 19.8 Å². The molecule has 0 aliphatic carbocycles. The second-order valence-electron chi connectivity index (χ2n) is 8.11. The molecular weight excluding hydrogens is 416 g/mol. The summed E-state index contributed by atoms with van der Waals surface area (Å²) in [4.78, 5) is 25.9. The van der Waals surface area contributed by atoms with Gasteiger partial charge in [-0.25, -0.2) is 0 Å². The number of nitrogens with one attached hydrogen (secondary N) is 2. The Balaban J connectivity index is 1.56. The van der Waals surface area contributed by atoms with Gasteiger partial charge in [0.25, 0.3) is 5.91 Å². The van der Waals surface area contributed by atoms with Crippen LogP contribution in [0.5, 0.6) is 5.75 Å². The quantitative estimate of drug-likeness (QED) is 0.368. The minimum absolute atomic E-state index is 0.0514. The van der Waals surface area contributed by atoms with E-state index in [9.17, 15) is 9.59 Å². The van der Waals surface area contributed by atoms with E-state index in [-0.39, 0.29) is 18.1 Å². The molecule has 0 atom stereocenters. The van der Waals surface area contributed by atoms with Crippen molar-refractivity contribution in [1.82, 2.24) is 0 Å². The van der Waals surface area contributed by atoms with E-state index in [1.54, 1.807) is 37.4 Å². The lowest BCUT2D eigenvalue weighted by atomic mass is 10.0. The van der Waals surface area contributed by atoms with Gasteiger partial charge >= 0.3 is 0 Å². The minimum atomic E-state index is -0.451. The van der Waals surface area contributed by atoms with Crippen LogP contribution in [0, 0.1) is 0 Å². The van der Waals surface area contributed by atoms with Crippen molar-refractivity contribution in [3.05, 3.63) is 89.7 Å². The van der Waals surface area contributed by atoms with Crippen LogP contribution in [-0.2, 0) is 11.2 Å². The number of carbonyl (C=O) groups is 2. The number of furan rings is 1. The molecule has 1 aromatic heterocycles. The first kappa shape index (κ1) is 22.1. The number of methoxy groups -OCH3 is 1. The predicted octanol–water partition coefficient (Wildman–Crippen LogP) is 6.00. The van der Waals surface area contributed by atoms with Gasteiger partial charge in [-0.3, -0.25) is 9.59 Å². The van der Waals surface area contributed by atoms with Crippen LogP contribution in [0.15, 0.2) is 77.2 Å². The van der Waals surface area contributed by atoms with Gasteiger partial charge in [0, 0.05) is 11.1 Å². The number of para-hydroxylation sites is 1. The molecule has 33 heavy (non-hydrogen) atoms. The van der Waals surface area contributed by atoms with E-state index in [2.05, 4.69) is 24.5 Å². The maximum absolute atomic E-state index is 13.0. The van der Waals surface area contributed by atoms with Gasteiger partial charge in [-0.05, 0) is 53.4 Å². The smallest absolute Gasteiger partial charge is 0.293 e. The maximum Gasteiger partial charge on any atom is 0.293 e. The number of anilines is 2. The normalized spacial score (nSPS) is 10.9. The van der Waals surface area contributed by atoms with E-state index < -0.39 is 5.91 Å². The highest BCUT2D eigenvalue weighted by Crippen LogP contribution is 2.32. The summed E-state index contributed by atoms with van der Waals surface area (Å²) in [7, 11) is 1.58. The van der Waals surface area contributed by atoms with Crippen molar-refractivity contribution in [2.24, 2.45) is 0 Å². The summed E-state index contributed by atoms with van der Waals surface area (Å²) in [5.74, 6) is 0.490. The van der Waals surface area contributed by atoms with Gasteiger partial charge in [-0.2, -0.15) is 0 Å². The van der Waals surface area contributed by atoms with Crippen LogP contribution in [0.1, 0.15) is 41.4 Å². The second-order valence-corrected chi connectivity index (χ2v) is 8.11. The molecule has 4 rings (SSSR count). The number of hydrogen-bond donors (Lipinski definition) is 2. The van der Waals surface area contributed by atoms with Crippen LogP contribution < -0.4 is 15.4 Å². The number of benzene rings is 3. The lowest BCUT2D eigenvalue weighted by molar-refractivity contribution is -0.115. The van der Waals surface area contributed by atoms with E-state index in [1.165, 1.54) is 5.56 Å². The highest BCUT2D eigenvalue weighted by atomic mass is 16.5. The van der Waals surface area contributed by atoms with Gasteiger partial charge in [0.05, 0.1) is 13.5 Å². The molecule has 6 nitrogen and oxygen atoms in total. The van der Waals surface area contributed by atoms with Crippen molar-refractivity contribution in [2.75, 3.05) is 17.7 Å². The maximum atomic E-state index is 13.0. The molecule has 6 heteroatoms. The Morgan fingerprint density at radius 3 is 2.27 bits per heavy atom.